The van der Waals surface area contributed by atoms with Gasteiger partial charge in [-0.05, 0) is 0 Å². The van der Waals surface area contributed by atoms with Crippen LogP contribution in [0.1, 0.15) is 43.4 Å². The molecule has 0 spiro atoms. The third-order valence-corrected chi connectivity index (χ3v) is 15.2. The quantitative estimate of drug-likeness (QED) is 0.227. The summed E-state index contributed by atoms with van der Waals surface area (Å²) >= 11 is -1.84. The summed E-state index contributed by atoms with van der Waals surface area (Å²) in [5, 5.41) is 0. The molecule has 0 saturated carbocycles. The van der Waals surface area contributed by atoms with Crippen LogP contribution in [0.25, 0.3) is 12.2 Å². The van der Waals surface area contributed by atoms with Crippen LogP contribution in [0.4, 0.5) is 26.3 Å². The second-order valence-electron chi connectivity index (χ2n) is 8.23. The second-order valence-corrected chi connectivity index (χ2v) is 18.8. The van der Waals surface area contributed by atoms with Crippen molar-refractivity contribution in [3.63, 3.8) is 0 Å². The van der Waals surface area contributed by atoms with Crippen LogP contribution in [0, 0.1) is 0 Å². The van der Waals surface area contributed by atoms with Crippen LogP contribution in [0.2, 0.25) is 0 Å². The van der Waals surface area contributed by atoms with Crippen molar-refractivity contribution in [2.75, 3.05) is 0 Å². The van der Waals surface area contributed by atoms with Gasteiger partial charge in [-0.1, -0.05) is 0 Å². The van der Waals surface area contributed by atoms with Crippen molar-refractivity contribution in [3.05, 3.63) is 82.9 Å². The van der Waals surface area contributed by atoms with Crippen LogP contribution in [0.15, 0.2) is 60.7 Å². The first-order valence-corrected chi connectivity index (χ1v) is 17.5. The Labute approximate surface area is 223 Å². The van der Waals surface area contributed by atoms with Crippen molar-refractivity contribution in [2.24, 2.45) is 0 Å². The Morgan fingerprint density at radius 3 is 1.24 bits per heavy atom. The third kappa shape index (κ3) is 8.04. The van der Waals surface area contributed by atoms with Gasteiger partial charge in [0.1, 0.15) is 0 Å². The first-order valence-electron chi connectivity index (χ1n) is 10.5. The van der Waals surface area contributed by atoms with Gasteiger partial charge >= 0.3 is 172 Å². The van der Waals surface area contributed by atoms with E-state index in [0.29, 0.717) is 7.25 Å². The molecular formula is C23H22F6O6S2Zr. The Morgan fingerprint density at radius 2 is 0.974 bits per heavy atom. The molecule has 0 fully saturated rings. The summed E-state index contributed by atoms with van der Waals surface area (Å²) in [6.07, 6.45) is 9.66. The molecule has 0 aromatic heterocycles. The van der Waals surface area contributed by atoms with Gasteiger partial charge in [-0.2, -0.15) is 43.2 Å². The molecule has 2 aliphatic rings. The van der Waals surface area contributed by atoms with E-state index in [1.807, 2.05) is 0 Å². The van der Waals surface area contributed by atoms with Gasteiger partial charge in [-0.3, -0.25) is 9.11 Å². The van der Waals surface area contributed by atoms with Crippen molar-refractivity contribution >= 4 is 35.6 Å². The zero-order valence-electron chi connectivity index (χ0n) is 19.7. The molecule has 6 nitrogen and oxygen atoms in total. The van der Waals surface area contributed by atoms with Gasteiger partial charge < -0.3 is 0 Å². The molecule has 0 heterocycles. The predicted octanol–water partition coefficient (Wildman–Crippen LogP) is 6.14. The predicted molar refractivity (Wildman–Crippen MR) is 128 cm³/mol. The Kier molecular flexibility index (Phi) is 10.3. The summed E-state index contributed by atoms with van der Waals surface area (Å²) in [7, 11) is -11.7. The number of halogens is 6. The summed E-state index contributed by atoms with van der Waals surface area (Å²) in [5.74, 6) is 0. The van der Waals surface area contributed by atoms with Crippen molar-refractivity contribution in [3.8, 4) is 0 Å². The standard InChI is InChI=1S/2C9H7.C3H6.2CHF3O3S.Zr/c2*1-2-5-9-7-3-6-8(9)4-1;1-3-2;2*2-1(3,4)8(5,6)7;/h2*1-7H;1-2H3;2*(H,5,6,7);. The fourth-order valence-electron chi connectivity index (χ4n) is 3.86. The van der Waals surface area contributed by atoms with Gasteiger partial charge in [-0.15, -0.1) is 0 Å². The molecule has 2 aromatic rings. The molecule has 208 valence electrons. The smallest absolute Gasteiger partial charge is 0.279 e. The van der Waals surface area contributed by atoms with E-state index in [4.69, 9.17) is 25.9 Å². The first-order chi connectivity index (χ1) is 17.3. The maximum absolute atomic E-state index is 10.7. The van der Waals surface area contributed by atoms with Gasteiger partial charge in [0.05, 0.1) is 0 Å². The van der Waals surface area contributed by atoms with Gasteiger partial charge in [0.25, 0.3) is 0 Å². The Morgan fingerprint density at radius 1 is 0.684 bits per heavy atom. The number of rotatable bonds is 2. The normalized spacial score (nSPS) is 17.9. The van der Waals surface area contributed by atoms with E-state index in [1.54, 1.807) is 14.3 Å². The van der Waals surface area contributed by atoms with Gasteiger partial charge in [0, 0.05) is 0 Å². The zero-order valence-corrected chi connectivity index (χ0v) is 23.8. The SMILES string of the molecule is C[C](C)=[Zr]([CH]1C=Cc2ccccc21)[CH]1C=Cc2ccccc21.O=S(=O)(O)C(F)(F)F.O=S(=O)(O)C(F)(F)F. The molecule has 2 aromatic carbocycles. The molecule has 0 saturated heterocycles. The number of hydrogen-bond acceptors (Lipinski definition) is 4. The Balaban J connectivity index is 0.000000264. The summed E-state index contributed by atoms with van der Waals surface area (Å²) < 4.78 is 118. The van der Waals surface area contributed by atoms with Crippen molar-refractivity contribution in [1.29, 1.82) is 0 Å². The molecule has 4 rings (SSSR count). The minimum Gasteiger partial charge on any atom is -0.279 e. The summed E-state index contributed by atoms with van der Waals surface area (Å²) in [4.78, 5) is 0. The molecule has 0 aliphatic heterocycles. The van der Waals surface area contributed by atoms with E-state index in [2.05, 4.69) is 86.7 Å². The molecule has 2 N–H and O–H groups in total. The van der Waals surface area contributed by atoms with E-state index in [9.17, 15) is 26.3 Å². The molecule has 2 atom stereocenters. The molecule has 0 bridgehead atoms. The molecule has 2 unspecified atom stereocenters. The van der Waals surface area contributed by atoms with Crippen LogP contribution >= 0.6 is 0 Å². The average molecular weight is 664 g/mol. The maximum atomic E-state index is 10.7. The van der Waals surface area contributed by atoms with Gasteiger partial charge in [0.2, 0.25) is 0 Å². The van der Waals surface area contributed by atoms with Gasteiger partial charge in [0.15, 0.2) is 0 Å². The fourth-order valence-corrected chi connectivity index (χ4v) is 12.3. The monoisotopic (exact) mass is 662 g/mol. The molecular weight excluding hydrogens is 642 g/mol. The number of benzene rings is 2. The van der Waals surface area contributed by atoms with Crippen LogP contribution in [0.3, 0.4) is 0 Å². The maximum Gasteiger partial charge on any atom is 0.522 e. The van der Waals surface area contributed by atoms with Crippen molar-refractivity contribution in [1.82, 2.24) is 0 Å². The van der Waals surface area contributed by atoms with E-state index in [-0.39, 0.29) is 0 Å². The molecule has 38 heavy (non-hydrogen) atoms. The minimum atomic E-state index is -5.84. The summed E-state index contributed by atoms with van der Waals surface area (Å²) in [6.45, 7) is 4.75. The number of allylic oxidation sites excluding steroid dienone is 2. The van der Waals surface area contributed by atoms with E-state index in [0.717, 1.165) is 0 Å². The second kappa shape index (κ2) is 12.1. The first kappa shape index (κ1) is 32.3. The Hall–Kier alpha value is -1.93. The van der Waals surface area contributed by atoms with Crippen LogP contribution < -0.4 is 0 Å². The topological polar surface area (TPSA) is 109 Å². The van der Waals surface area contributed by atoms with Gasteiger partial charge in [-0.25, -0.2) is 0 Å². The fraction of sp³-hybridized carbons (Fsp3) is 0.261. The summed E-state index contributed by atoms with van der Waals surface area (Å²) in [6, 6.07) is 17.9. The molecule has 15 heteroatoms. The number of fused-ring (bicyclic) bond motifs is 2. The van der Waals surface area contributed by atoms with Crippen LogP contribution in [-0.4, -0.2) is 40.2 Å². The Bertz CT molecular complexity index is 1370. The van der Waals surface area contributed by atoms with Crippen molar-refractivity contribution in [2.45, 2.75) is 32.1 Å². The van der Waals surface area contributed by atoms with Crippen LogP contribution in [-0.2, 0) is 41.5 Å². The van der Waals surface area contributed by atoms with E-state index in [1.165, 1.54) is 11.1 Å². The molecule has 0 radical (unpaired) electrons. The molecule has 0 amide bonds. The van der Waals surface area contributed by atoms with E-state index < -0.39 is 52.5 Å². The molecule has 2 aliphatic carbocycles. The third-order valence-electron chi connectivity index (χ3n) is 5.43. The van der Waals surface area contributed by atoms with Crippen molar-refractivity contribution < 1.29 is 73.6 Å². The average Bonchev–Trinajstić information content (AvgIpc) is 3.37. The minimum absolute atomic E-state index is 0.685. The van der Waals surface area contributed by atoms with E-state index >= 15 is 0 Å². The van der Waals surface area contributed by atoms with Crippen LogP contribution in [0.5, 0.6) is 0 Å². The number of alkyl halides is 6. The zero-order chi connectivity index (χ0) is 29.1. The summed E-state index contributed by atoms with van der Waals surface area (Å²) in [5.41, 5.74) is -5.07. The largest absolute Gasteiger partial charge is 0.522 e. The number of hydrogen-bond donors (Lipinski definition) is 2.